The van der Waals surface area contributed by atoms with Crippen molar-refractivity contribution in [2.45, 2.75) is 29.9 Å². The number of aromatic nitrogens is 3. The minimum absolute atomic E-state index is 0.193. The summed E-state index contributed by atoms with van der Waals surface area (Å²) < 4.78 is 61.3. The summed E-state index contributed by atoms with van der Waals surface area (Å²) in [6, 6.07) is 8.92. The molecular weight excluding hydrogens is 431 g/mol. The number of rotatable bonds is 5. The molecule has 1 unspecified atom stereocenters. The molecular formula is C20H20F3N5O2S. The maximum atomic E-state index is 12.7. The second-order valence-electron chi connectivity index (χ2n) is 7.39. The molecule has 0 saturated carbocycles. The van der Waals surface area contributed by atoms with E-state index in [4.69, 9.17) is 0 Å². The van der Waals surface area contributed by atoms with Crippen LogP contribution in [0.25, 0.3) is 11.5 Å². The van der Waals surface area contributed by atoms with Gasteiger partial charge in [0, 0.05) is 43.4 Å². The molecule has 1 fully saturated rings. The lowest BCUT2D eigenvalue weighted by Gasteiger charge is -2.21. The molecule has 3 heterocycles. The van der Waals surface area contributed by atoms with Crippen molar-refractivity contribution in [3.63, 3.8) is 0 Å². The summed E-state index contributed by atoms with van der Waals surface area (Å²) in [5, 5.41) is 0. The third-order valence-electron chi connectivity index (χ3n) is 5.23. The number of benzene rings is 1. The Kier molecular flexibility index (Phi) is 5.48. The highest BCUT2D eigenvalue weighted by atomic mass is 32.2. The van der Waals surface area contributed by atoms with Gasteiger partial charge in [-0.3, -0.25) is 9.88 Å². The maximum Gasteiger partial charge on any atom is 0.501 e. The van der Waals surface area contributed by atoms with E-state index in [2.05, 4.69) is 26.8 Å². The second kappa shape index (κ2) is 7.97. The fourth-order valence-corrected chi connectivity index (χ4v) is 4.32. The van der Waals surface area contributed by atoms with Crippen molar-refractivity contribution in [1.29, 1.82) is 0 Å². The van der Waals surface area contributed by atoms with Crippen LogP contribution in [0, 0.1) is 0 Å². The molecule has 1 saturated heterocycles. The summed E-state index contributed by atoms with van der Waals surface area (Å²) in [5.74, 6) is 0.687. The van der Waals surface area contributed by atoms with Crippen molar-refractivity contribution in [1.82, 2.24) is 19.9 Å². The summed E-state index contributed by atoms with van der Waals surface area (Å²) in [4.78, 5) is 15.0. The van der Waals surface area contributed by atoms with Crippen LogP contribution in [0.4, 0.5) is 18.9 Å². The average molecular weight is 451 g/mol. The van der Waals surface area contributed by atoms with Gasteiger partial charge in [-0.2, -0.15) is 13.2 Å². The molecule has 0 aliphatic carbocycles. The number of alkyl halides is 3. The third-order valence-corrected chi connectivity index (χ3v) is 6.73. The molecule has 4 rings (SSSR count). The zero-order valence-electron chi connectivity index (χ0n) is 16.5. The lowest BCUT2D eigenvalue weighted by molar-refractivity contribution is -0.0436. The molecule has 2 aromatic heterocycles. The summed E-state index contributed by atoms with van der Waals surface area (Å²) in [5.41, 5.74) is -2.84. The van der Waals surface area contributed by atoms with Crippen molar-refractivity contribution >= 4 is 15.5 Å². The lowest BCUT2D eigenvalue weighted by atomic mass is 10.2. The number of aromatic amines is 1. The molecule has 1 aliphatic heterocycles. The third kappa shape index (κ3) is 4.28. The van der Waals surface area contributed by atoms with E-state index in [1.807, 2.05) is 17.0 Å². The fourth-order valence-electron chi connectivity index (χ4n) is 3.56. The summed E-state index contributed by atoms with van der Waals surface area (Å²) >= 11 is 0. The Hall–Kier alpha value is -2.92. The number of hydrogen-bond acceptors (Lipinski definition) is 6. The van der Waals surface area contributed by atoms with E-state index in [1.165, 1.54) is 12.1 Å². The predicted molar refractivity (Wildman–Crippen MR) is 109 cm³/mol. The Morgan fingerprint density at radius 1 is 1.13 bits per heavy atom. The zero-order valence-corrected chi connectivity index (χ0v) is 17.4. The Morgan fingerprint density at radius 3 is 2.52 bits per heavy atom. The van der Waals surface area contributed by atoms with Crippen molar-refractivity contribution in [2.24, 2.45) is 0 Å². The molecule has 0 bridgehead atoms. The summed E-state index contributed by atoms with van der Waals surface area (Å²) in [7, 11) is -5.34. The number of hydrogen-bond donors (Lipinski definition) is 1. The zero-order chi connectivity index (χ0) is 22.2. The molecule has 0 spiro atoms. The first-order valence-electron chi connectivity index (χ1n) is 9.50. The molecule has 0 amide bonds. The average Bonchev–Trinajstić information content (AvgIpc) is 3.38. The van der Waals surface area contributed by atoms with Gasteiger partial charge in [-0.25, -0.2) is 13.4 Å². The number of H-pyrrole nitrogens is 1. The van der Waals surface area contributed by atoms with E-state index in [9.17, 15) is 21.6 Å². The molecule has 31 heavy (non-hydrogen) atoms. The van der Waals surface area contributed by atoms with Crippen LogP contribution in [-0.4, -0.2) is 53.0 Å². The largest absolute Gasteiger partial charge is 0.501 e. The highest BCUT2D eigenvalue weighted by Crippen LogP contribution is 2.32. The molecule has 1 atom stereocenters. The number of nitrogens with one attached hydrogen (secondary N) is 1. The molecule has 164 valence electrons. The molecule has 3 aromatic rings. The van der Waals surface area contributed by atoms with Gasteiger partial charge in [0.05, 0.1) is 11.6 Å². The van der Waals surface area contributed by atoms with Crippen molar-refractivity contribution in [2.75, 3.05) is 18.1 Å². The minimum atomic E-state index is -5.34. The van der Waals surface area contributed by atoms with Gasteiger partial charge >= 0.3 is 5.51 Å². The first kappa shape index (κ1) is 21.3. The maximum absolute atomic E-state index is 12.7. The smallest absolute Gasteiger partial charge is 0.357 e. The van der Waals surface area contributed by atoms with Gasteiger partial charge in [0.25, 0.3) is 9.84 Å². The van der Waals surface area contributed by atoms with E-state index in [0.29, 0.717) is 31.3 Å². The number of nitrogens with zero attached hydrogens (tertiary/aromatic N) is 4. The number of halogens is 3. The number of imidazole rings is 1. The van der Waals surface area contributed by atoms with E-state index in [-0.39, 0.29) is 6.04 Å². The monoisotopic (exact) mass is 451 g/mol. The van der Waals surface area contributed by atoms with Crippen LogP contribution in [0.2, 0.25) is 0 Å². The van der Waals surface area contributed by atoms with Crippen LogP contribution in [0.5, 0.6) is 0 Å². The second-order valence-corrected chi connectivity index (χ2v) is 9.33. The Bertz CT molecular complexity index is 1150. The van der Waals surface area contributed by atoms with Crippen molar-refractivity contribution in [3.8, 4) is 11.5 Å². The molecule has 0 radical (unpaired) electrons. The van der Waals surface area contributed by atoms with Crippen LogP contribution in [-0.2, 0) is 16.4 Å². The highest BCUT2D eigenvalue weighted by molar-refractivity contribution is 7.92. The van der Waals surface area contributed by atoms with Crippen molar-refractivity contribution < 1.29 is 21.6 Å². The fraction of sp³-hybridized carbons (Fsp3) is 0.300. The van der Waals surface area contributed by atoms with E-state index < -0.39 is 20.2 Å². The number of sulfone groups is 1. The van der Waals surface area contributed by atoms with Crippen LogP contribution in [0.1, 0.15) is 12.5 Å². The Morgan fingerprint density at radius 2 is 1.87 bits per heavy atom. The SMILES string of the molecule is CC1CN(c2ccc(S(=O)(=O)C(F)(F)F)cc2)CN1Cc1ccnc(-c2ncc[nH]2)c1. The van der Waals surface area contributed by atoms with Gasteiger partial charge in [-0.05, 0) is 48.9 Å². The first-order valence-corrected chi connectivity index (χ1v) is 11.0. The molecule has 1 aromatic carbocycles. The van der Waals surface area contributed by atoms with Crippen LogP contribution in [0.3, 0.4) is 0 Å². The standard InChI is InChI=1S/C20H20F3N5O2S/c1-14-11-28(16-2-4-17(5-3-16)31(29,30)20(21,22)23)13-27(14)12-15-6-7-24-18(10-15)19-25-8-9-26-19/h2-10,14H,11-13H2,1H3,(H,25,26). The quantitative estimate of drug-likeness (QED) is 0.640. The Labute approximate surface area is 177 Å². The topological polar surface area (TPSA) is 82.2 Å². The summed E-state index contributed by atoms with van der Waals surface area (Å²) in [6.45, 7) is 3.96. The highest BCUT2D eigenvalue weighted by Gasteiger charge is 2.46. The van der Waals surface area contributed by atoms with Crippen LogP contribution >= 0.6 is 0 Å². The Balaban J connectivity index is 1.46. The number of anilines is 1. The predicted octanol–water partition coefficient (Wildman–Crippen LogP) is 3.43. The lowest BCUT2D eigenvalue weighted by Crippen LogP contribution is -2.28. The molecule has 7 nitrogen and oxygen atoms in total. The van der Waals surface area contributed by atoms with Gasteiger partial charge in [0.15, 0.2) is 5.82 Å². The van der Waals surface area contributed by atoms with Gasteiger partial charge in [0.1, 0.15) is 5.69 Å². The van der Waals surface area contributed by atoms with Crippen LogP contribution in [0.15, 0.2) is 59.9 Å². The van der Waals surface area contributed by atoms with Gasteiger partial charge in [0.2, 0.25) is 0 Å². The normalized spacial score (nSPS) is 17.9. The van der Waals surface area contributed by atoms with Gasteiger partial charge in [-0.1, -0.05) is 0 Å². The molecule has 1 N–H and O–H groups in total. The van der Waals surface area contributed by atoms with Crippen LogP contribution < -0.4 is 4.90 Å². The number of pyridine rings is 1. The molecule has 1 aliphatic rings. The summed E-state index contributed by atoms with van der Waals surface area (Å²) in [6.07, 6.45) is 5.12. The van der Waals surface area contributed by atoms with E-state index >= 15 is 0 Å². The first-order chi connectivity index (χ1) is 14.6. The van der Waals surface area contributed by atoms with Gasteiger partial charge in [-0.15, -0.1) is 0 Å². The van der Waals surface area contributed by atoms with E-state index in [0.717, 1.165) is 23.4 Å². The van der Waals surface area contributed by atoms with Gasteiger partial charge < -0.3 is 9.88 Å². The minimum Gasteiger partial charge on any atom is -0.357 e. The van der Waals surface area contributed by atoms with E-state index in [1.54, 1.807) is 18.6 Å². The molecule has 11 heteroatoms. The van der Waals surface area contributed by atoms with Crippen molar-refractivity contribution in [3.05, 3.63) is 60.6 Å².